The number of nitrogens with zero attached hydrogens (tertiary/aromatic N) is 3. The predicted molar refractivity (Wildman–Crippen MR) is 72.4 cm³/mol. The molecular formula is C11H14N4S2. The number of thiazole rings is 1. The van der Waals surface area contributed by atoms with Crippen LogP contribution >= 0.6 is 23.1 Å². The van der Waals surface area contributed by atoms with Gasteiger partial charge >= 0.3 is 0 Å². The van der Waals surface area contributed by atoms with Gasteiger partial charge in [0.1, 0.15) is 5.01 Å². The molecule has 2 aromatic heterocycles. The fourth-order valence-electron chi connectivity index (χ4n) is 1.91. The van der Waals surface area contributed by atoms with Crippen LogP contribution in [0.25, 0.3) is 11.4 Å². The number of nitrogens with one attached hydrogen (secondary N) is 1. The molecule has 0 saturated carbocycles. The van der Waals surface area contributed by atoms with Crippen molar-refractivity contribution in [1.29, 1.82) is 0 Å². The quantitative estimate of drug-likeness (QED) is 0.902. The predicted octanol–water partition coefficient (Wildman–Crippen LogP) is 1.92. The van der Waals surface area contributed by atoms with Crippen molar-refractivity contribution in [3.63, 3.8) is 0 Å². The maximum atomic E-state index is 4.72. The summed E-state index contributed by atoms with van der Waals surface area (Å²) in [6, 6.07) is 2.42. The molecule has 1 atom stereocenters. The summed E-state index contributed by atoms with van der Waals surface area (Å²) in [6.45, 7) is 1.08. The molecule has 1 aliphatic heterocycles. The van der Waals surface area contributed by atoms with Crippen LogP contribution in [0.15, 0.2) is 17.6 Å². The Kier molecular flexibility index (Phi) is 3.17. The summed E-state index contributed by atoms with van der Waals surface area (Å²) in [6.07, 6.45) is 1.81. The average molecular weight is 266 g/mol. The van der Waals surface area contributed by atoms with E-state index in [4.69, 9.17) is 4.98 Å². The monoisotopic (exact) mass is 266 g/mol. The summed E-state index contributed by atoms with van der Waals surface area (Å²) in [5, 5.41) is 11.0. The van der Waals surface area contributed by atoms with E-state index in [1.54, 1.807) is 11.3 Å². The van der Waals surface area contributed by atoms with Gasteiger partial charge in [-0.15, -0.1) is 11.3 Å². The Labute approximate surface area is 108 Å². The zero-order valence-corrected chi connectivity index (χ0v) is 11.2. The van der Waals surface area contributed by atoms with Crippen LogP contribution in [0.3, 0.4) is 0 Å². The van der Waals surface area contributed by atoms with Crippen molar-refractivity contribution in [2.45, 2.75) is 6.04 Å². The Balaban J connectivity index is 1.85. The largest absolute Gasteiger partial charge is 0.306 e. The molecule has 1 unspecified atom stereocenters. The lowest BCUT2D eigenvalue weighted by Gasteiger charge is -2.20. The van der Waals surface area contributed by atoms with Crippen molar-refractivity contribution >= 4 is 23.1 Å². The minimum atomic E-state index is 0.417. The van der Waals surface area contributed by atoms with Crippen LogP contribution < -0.4 is 5.32 Å². The third kappa shape index (κ3) is 2.25. The lowest BCUT2D eigenvalue weighted by Crippen LogP contribution is -2.30. The van der Waals surface area contributed by atoms with Gasteiger partial charge < -0.3 is 5.32 Å². The number of thioether (sulfide) groups is 1. The van der Waals surface area contributed by atoms with E-state index in [0.29, 0.717) is 6.04 Å². The fraction of sp³-hybridized carbons (Fsp3) is 0.455. The molecule has 0 amide bonds. The van der Waals surface area contributed by atoms with Crippen LogP contribution in [0.2, 0.25) is 0 Å². The number of hydrogen-bond acceptors (Lipinski definition) is 5. The van der Waals surface area contributed by atoms with Crippen molar-refractivity contribution in [2.24, 2.45) is 7.05 Å². The molecule has 1 N–H and O–H groups in total. The molecule has 0 spiro atoms. The van der Waals surface area contributed by atoms with Crippen LogP contribution in [-0.2, 0) is 7.05 Å². The standard InChI is InChI=1S/C11H14N4S2/c1-15-10(2-3-13-15)8-7-17-11(14-8)9-6-16-5-4-12-9/h2-3,7,9,12H,4-6H2,1H3. The van der Waals surface area contributed by atoms with Crippen LogP contribution in [0.4, 0.5) is 0 Å². The minimum absolute atomic E-state index is 0.417. The highest BCUT2D eigenvalue weighted by atomic mass is 32.2. The molecule has 6 heteroatoms. The van der Waals surface area contributed by atoms with E-state index in [1.165, 1.54) is 10.8 Å². The summed E-state index contributed by atoms with van der Waals surface area (Å²) < 4.78 is 1.86. The Morgan fingerprint density at radius 2 is 2.47 bits per heavy atom. The topological polar surface area (TPSA) is 42.7 Å². The van der Waals surface area contributed by atoms with Gasteiger partial charge in [0.15, 0.2) is 0 Å². The highest BCUT2D eigenvalue weighted by Crippen LogP contribution is 2.28. The van der Waals surface area contributed by atoms with Crippen molar-refractivity contribution in [1.82, 2.24) is 20.1 Å². The first-order valence-corrected chi connectivity index (χ1v) is 7.63. The normalized spacial score (nSPS) is 20.6. The molecule has 1 fully saturated rings. The van der Waals surface area contributed by atoms with Gasteiger partial charge in [0.25, 0.3) is 0 Å². The third-order valence-corrected chi connectivity index (χ3v) is 4.85. The zero-order chi connectivity index (χ0) is 11.7. The van der Waals surface area contributed by atoms with Gasteiger partial charge in [-0.2, -0.15) is 16.9 Å². The molecule has 1 aliphatic rings. The lowest BCUT2D eigenvalue weighted by atomic mass is 10.3. The Hall–Kier alpha value is -0.850. The van der Waals surface area contributed by atoms with Crippen LogP contribution in [0.5, 0.6) is 0 Å². The van der Waals surface area contributed by atoms with Gasteiger partial charge in [0.2, 0.25) is 0 Å². The third-order valence-electron chi connectivity index (χ3n) is 2.83. The second-order valence-corrected chi connectivity index (χ2v) is 6.03. The van der Waals surface area contributed by atoms with Crippen molar-refractivity contribution in [2.75, 3.05) is 18.1 Å². The van der Waals surface area contributed by atoms with E-state index in [-0.39, 0.29) is 0 Å². The zero-order valence-electron chi connectivity index (χ0n) is 9.59. The van der Waals surface area contributed by atoms with Crippen LogP contribution in [-0.4, -0.2) is 32.8 Å². The van der Waals surface area contributed by atoms with E-state index in [2.05, 4.69) is 15.8 Å². The molecule has 2 aromatic rings. The maximum Gasteiger partial charge on any atom is 0.111 e. The van der Waals surface area contributed by atoms with E-state index >= 15 is 0 Å². The summed E-state index contributed by atoms with van der Waals surface area (Å²) in [7, 11) is 1.95. The summed E-state index contributed by atoms with van der Waals surface area (Å²) in [5.41, 5.74) is 2.11. The maximum absolute atomic E-state index is 4.72. The van der Waals surface area contributed by atoms with Gasteiger partial charge in [-0.05, 0) is 6.07 Å². The summed E-state index contributed by atoms with van der Waals surface area (Å²) in [4.78, 5) is 4.72. The van der Waals surface area contributed by atoms with Crippen LogP contribution in [0.1, 0.15) is 11.0 Å². The number of hydrogen-bond donors (Lipinski definition) is 1. The SMILES string of the molecule is Cn1nccc1-c1csc(C2CSCCN2)n1. The van der Waals surface area contributed by atoms with Gasteiger partial charge in [-0.1, -0.05) is 0 Å². The minimum Gasteiger partial charge on any atom is -0.306 e. The first kappa shape index (κ1) is 11.3. The second-order valence-electron chi connectivity index (χ2n) is 3.99. The molecule has 0 aliphatic carbocycles. The van der Waals surface area contributed by atoms with Gasteiger partial charge in [0, 0.05) is 36.7 Å². The van der Waals surface area contributed by atoms with Crippen molar-refractivity contribution in [3.05, 3.63) is 22.7 Å². The second kappa shape index (κ2) is 4.80. The molecule has 90 valence electrons. The molecule has 0 aromatic carbocycles. The van der Waals surface area contributed by atoms with Crippen LogP contribution in [0, 0.1) is 0 Å². The highest BCUT2D eigenvalue weighted by Gasteiger charge is 2.19. The highest BCUT2D eigenvalue weighted by molar-refractivity contribution is 7.99. The Morgan fingerprint density at radius 1 is 1.53 bits per heavy atom. The Bertz CT molecular complexity index is 499. The Morgan fingerprint density at radius 3 is 3.18 bits per heavy atom. The van der Waals surface area contributed by atoms with E-state index < -0.39 is 0 Å². The van der Waals surface area contributed by atoms with Crippen molar-refractivity contribution in [3.8, 4) is 11.4 Å². The van der Waals surface area contributed by atoms with Gasteiger partial charge in [-0.3, -0.25) is 4.68 Å². The first-order chi connectivity index (χ1) is 8.34. The molecule has 4 nitrogen and oxygen atoms in total. The number of aromatic nitrogens is 3. The fourth-order valence-corrected chi connectivity index (χ4v) is 3.85. The first-order valence-electron chi connectivity index (χ1n) is 5.59. The number of aryl methyl sites for hydroxylation is 1. The molecular weight excluding hydrogens is 252 g/mol. The van der Waals surface area contributed by atoms with E-state index in [1.807, 2.05) is 35.8 Å². The molecule has 3 rings (SSSR count). The smallest absolute Gasteiger partial charge is 0.111 e. The average Bonchev–Trinajstić information content (AvgIpc) is 2.98. The molecule has 3 heterocycles. The van der Waals surface area contributed by atoms with E-state index in [0.717, 1.165) is 23.7 Å². The lowest BCUT2D eigenvalue weighted by molar-refractivity contribution is 0.592. The molecule has 0 bridgehead atoms. The van der Waals surface area contributed by atoms with Gasteiger partial charge in [-0.25, -0.2) is 4.98 Å². The van der Waals surface area contributed by atoms with Crippen molar-refractivity contribution < 1.29 is 0 Å². The van der Waals surface area contributed by atoms with Gasteiger partial charge in [0.05, 0.1) is 17.4 Å². The molecule has 1 saturated heterocycles. The molecule has 17 heavy (non-hydrogen) atoms. The van der Waals surface area contributed by atoms with E-state index in [9.17, 15) is 0 Å². The molecule has 0 radical (unpaired) electrons. The summed E-state index contributed by atoms with van der Waals surface area (Å²) in [5.74, 6) is 2.33. The number of rotatable bonds is 2. The summed E-state index contributed by atoms with van der Waals surface area (Å²) >= 11 is 3.73.